The molecule has 3 nitrogen and oxygen atoms in total. The number of rotatable bonds is 6. The van der Waals surface area contributed by atoms with Crippen molar-refractivity contribution in [3.8, 4) is 0 Å². The monoisotopic (exact) mass is 226 g/mol. The Balaban J connectivity index is 2.21. The van der Waals surface area contributed by atoms with Crippen LogP contribution in [0, 0.1) is 11.3 Å². The fourth-order valence-corrected chi connectivity index (χ4v) is 1.92. The summed E-state index contributed by atoms with van der Waals surface area (Å²) >= 11 is 0. The topological polar surface area (TPSA) is 55.1 Å². The zero-order valence-corrected chi connectivity index (χ0v) is 11.1. The van der Waals surface area contributed by atoms with Gasteiger partial charge in [-0.25, -0.2) is 0 Å². The van der Waals surface area contributed by atoms with E-state index in [1.807, 2.05) is 13.8 Å². The standard InChI is InChI=1S/C13H26N2O/c1-10(2)13(7-8-13)9-15-11(16)5-6-12(3,4)14/h10H,5-9,14H2,1-4H3,(H,15,16). The highest BCUT2D eigenvalue weighted by molar-refractivity contribution is 5.76. The number of carbonyl (C=O) groups is 1. The summed E-state index contributed by atoms with van der Waals surface area (Å²) in [6, 6.07) is 0. The SMILES string of the molecule is CC(C)C1(CNC(=O)CCC(C)(C)N)CC1. The van der Waals surface area contributed by atoms with Gasteiger partial charge in [0.1, 0.15) is 0 Å². The summed E-state index contributed by atoms with van der Waals surface area (Å²) in [7, 11) is 0. The van der Waals surface area contributed by atoms with Gasteiger partial charge in [0.25, 0.3) is 0 Å². The van der Waals surface area contributed by atoms with Crippen LogP contribution in [0.4, 0.5) is 0 Å². The summed E-state index contributed by atoms with van der Waals surface area (Å²) in [5, 5.41) is 3.04. The van der Waals surface area contributed by atoms with Crippen LogP contribution in [-0.4, -0.2) is 18.0 Å². The molecule has 0 atom stereocenters. The highest BCUT2D eigenvalue weighted by atomic mass is 16.1. The molecular weight excluding hydrogens is 200 g/mol. The Morgan fingerprint density at radius 2 is 2.00 bits per heavy atom. The maximum atomic E-state index is 11.6. The number of hydrogen-bond donors (Lipinski definition) is 2. The van der Waals surface area contributed by atoms with Crippen LogP contribution in [-0.2, 0) is 4.79 Å². The van der Waals surface area contributed by atoms with Gasteiger partial charge in [0, 0.05) is 18.5 Å². The zero-order valence-electron chi connectivity index (χ0n) is 11.1. The summed E-state index contributed by atoms with van der Waals surface area (Å²) < 4.78 is 0. The third-order valence-corrected chi connectivity index (χ3v) is 3.75. The Morgan fingerprint density at radius 1 is 1.44 bits per heavy atom. The molecule has 0 unspecified atom stereocenters. The molecular formula is C13H26N2O. The minimum atomic E-state index is -0.243. The van der Waals surface area contributed by atoms with E-state index in [2.05, 4.69) is 19.2 Å². The van der Waals surface area contributed by atoms with Crippen molar-refractivity contribution in [2.45, 2.75) is 58.9 Å². The fourth-order valence-electron chi connectivity index (χ4n) is 1.92. The molecule has 0 heterocycles. The van der Waals surface area contributed by atoms with Gasteiger partial charge in [-0.05, 0) is 44.4 Å². The maximum absolute atomic E-state index is 11.6. The number of carbonyl (C=O) groups excluding carboxylic acids is 1. The smallest absolute Gasteiger partial charge is 0.220 e. The summed E-state index contributed by atoms with van der Waals surface area (Å²) in [4.78, 5) is 11.6. The molecule has 1 aliphatic rings. The second-order valence-electron chi connectivity index (χ2n) is 6.28. The van der Waals surface area contributed by atoms with Crippen molar-refractivity contribution in [2.75, 3.05) is 6.54 Å². The summed E-state index contributed by atoms with van der Waals surface area (Å²) in [5.74, 6) is 0.809. The molecule has 16 heavy (non-hydrogen) atoms. The molecule has 94 valence electrons. The second-order valence-corrected chi connectivity index (χ2v) is 6.28. The fraction of sp³-hybridized carbons (Fsp3) is 0.923. The molecule has 0 aromatic heterocycles. The van der Waals surface area contributed by atoms with Gasteiger partial charge < -0.3 is 11.1 Å². The van der Waals surface area contributed by atoms with Gasteiger partial charge in [-0.15, -0.1) is 0 Å². The lowest BCUT2D eigenvalue weighted by Crippen LogP contribution is -2.36. The minimum Gasteiger partial charge on any atom is -0.356 e. The van der Waals surface area contributed by atoms with Crippen molar-refractivity contribution in [2.24, 2.45) is 17.1 Å². The van der Waals surface area contributed by atoms with Gasteiger partial charge in [0.2, 0.25) is 5.91 Å². The van der Waals surface area contributed by atoms with Crippen LogP contribution in [0.2, 0.25) is 0 Å². The Hall–Kier alpha value is -0.570. The summed E-state index contributed by atoms with van der Waals surface area (Å²) in [5.41, 5.74) is 6.00. The summed E-state index contributed by atoms with van der Waals surface area (Å²) in [6.45, 7) is 9.23. The van der Waals surface area contributed by atoms with E-state index in [0.29, 0.717) is 17.8 Å². The molecule has 3 N–H and O–H groups in total. The lowest BCUT2D eigenvalue weighted by molar-refractivity contribution is -0.121. The molecule has 1 aliphatic carbocycles. The van der Waals surface area contributed by atoms with Gasteiger partial charge in [-0.3, -0.25) is 4.79 Å². The first-order valence-electron chi connectivity index (χ1n) is 6.31. The minimum absolute atomic E-state index is 0.144. The van der Waals surface area contributed by atoms with E-state index < -0.39 is 0 Å². The molecule has 1 saturated carbocycles. The van der Waals surface area contributed by atoms with Gasteiger partial charge in [-0.1, -0.05) is 13.8 Å². The second kappa shape index (κ2) is 4.74. The predicted octanol–water partition coefficient (Wildman–Crippen LogP) is 2.06. The average molecular weight is 226 g/mol. The van der Waals surface area contributed by atoms with Crippen molar-refractivity contribution in [1.82, 2.24) is 5.32 Å². The van der Waals surface area contributed by atoms with Crippen LogP contribution in [0.3, 0.4) is 0 Å². The largest absolute Gasteiger partial charge is 0.356 e. The molecule has 0 radical (unpaired) electrons. The quantitative estimate of drug-likeness (QED) is 0.728. The number of nitrogens with two attached hydrogens (primary N) is 1. The van der Waals surface area contributed by atoms with Crippen molar-refractivity contribution >= 4 is 5.91 Å². The molecule has 0 spiro atoms. The predicted molar refractivity (Wildman–Crippen MR) is 67.0 cm³/mol. The number of hydrogen-bond acceptors (Lipinski definition) is 2. The van der Waals surface area contributed by atoms with Crippen LogP contribution in [0.1, 0.15) is 53.4 Å². The van der Waals surface area contributed by atoms with Crippen molar-refractivity contribution < 1.29 is 4.79 Å². The van der Waals surface area contributed by atoms with Crippen molar-refractivity contribution in [3.05, 3.63) is 0 Å². The van der Waals surface area contributed by atoms with Crippen LogP contribution in [0.15, 0.2) is 0 Å². The third-order valence-electron chi connectivity index (χ3n) is 3.75. The molecule has 0 aromatic rings. The molecule has 1 fully saturated rings. The lowest BCUT2D eigenvalue weighted by atomic mass is 9.92. The first-order chi connectivity index (χ1) is 7.25. The van der Waals surface area contributed by atoms with Crippen LogP contribution in [0.25, 0.3) is 0 Å². The Morgan fingerprint density at radius 3 is 2.38 bits per heavy atom. The van der Waals surface area contributed by atoms with Crippen LogP contribution >= 0.6 is 0 Å². The zero-order chi connectivity index (χ0) is 12.4. The molecule has 1 rings (SSSR count). The lowest BCUT2D eigenvalue weighted by Gasteiger charge is -2.21. The highest BCUT2D eigenvalue weighted by Gasteiger charge is 2.45. The average Bonchev–Trinajstić information content (AvgIpc) is 2.91. The van der Waals surface area contributed by atoms with Gasteiger partial charge in [0.05, 0.1) is 0 Å². The van der Waals surface area contributed by atoms with E-state index in [0.717, 1.165) is 13.0 Å². The van der Waals surface area contributed by atoms with Crippen molar-refractivity contribution in [3.63, 3.8) is 0 Å². The Labute approximate surface area is 99.2 Å². The van der Waals surface area contributed by atoms with E-state index in [9.17, 15) is 4.79 Å². The molecule has 1 amide bonds. The normalized spacial score (nSPS) is 18.6. The van der Waals surface area contributed by atoms with Crippen LogP contribution in [0.5, 0.6) is 0 Å². The Bertz CT molecular complexity index is 249. The number of amides is 1. The van der Waals surface area contributed by atoms with Gasteiger partial charge in [-0.2, -0.15) is 0 Å². The van der Waals surface area contributed by atoms with E-state index in [1.54, 1.807) is 0 Å². The maximum Gasteiger partial charge on any atom is 0.220 e. The number of nitrogens with one attached hydrogen (secondary N) is 1. The van der Waals surface area contributed by atoms with E-state index in [1.165, 1.54) is 12.8 Å². The first-order valence-corrected chi connectivity index (χ1v) is 6.31. The molecule has 3 heteroatoms. The van der Waals surface area contributed by atoms with E-state index >= 15 is 0 Å². The summed E-state index contributed by atoms with van der Waals surface area (Å²) in [6.07, 6.45) is 3.80. The van der Waals surface area contributed by atoms with Gasteiger partial charge >= 0.3 is 0 Å². The molecule has 0 aromatic carbocycles. The molecule has 0 bridgehead atoms. The Kier molecular flexibility index (Phi) is 4.00. The molecule has 0 aliphatic heterocycles. The van der Waals surface area contributed by atoms with Crippen molar-refractivity contribution in [1.29, 1.82) is 0 Å². The van der Waals surface area contributed by atoms with Crippen LogP contribution < -0.4 is 11.1 Å². The van der Waals surface area contributed by atoms with E-state index in [4.69, 9.17) is 5.73 Å². The van der Waals surface area contributed by atoms with Gasteiger partial charge in [0.15, 0.2) is 0 Å². The highest BCUT2D eigenvalue weighted by Crippen LogP contribution is 2.51. The van der Waals surface area contributed by atoms with E-state index in [-0.39, 0.29) is 11.4 Å². The molecule has 0 saturated heterocycles. The first kappa shape index (κ1) is 13.5. The third kappa shape index (κ3) is 4.12.